The molecule has 1 unspecified atom stereocenters. The minimum atomic E-state index is -1.55. The van der Waals surface area contributed by atoms with Gasteiger partial charge in [0, 0.05) is 25.1 Å². The van der Waals surface area contributed by atoms with E-state index in [4.69, 9.17) is 29.4 Å². The van der Waals surface area contributed by atoms with Crippen LogP contribution in [0.5, 0.6) is 11.5 Å². The van der Waals surface area contributed by atoms with E-state index in [1.807, 2.05) is 91.0 Å². The van der Waals surface area contributed by atoms with Crippen molar-refractivity contribution in [1.29, 1.82) is 5.26 Å². The van der Waals surface area contributed by atoms with Crippen LogP contribution in [0.15, 0.2) is 128 Å². The average Bonchev–Trinajstić information content (AvgIpc) is 3.54. The van der Waals surface area contributed by atoms with Crippen LogP contribution in [0.1, 0.15) is 71.4 Å². The van der Waals surface area contributed by atoms with Crippen LogP contribution in [0.3, 0.4) is 0 Å². The summed E-state index contributed by atoms with van der Waals surface area (Å²) in [4.78, 5) is 0. The standard InChI is InChI=1S/C45H57N2O6P/c1-7-9-11-16-31-48-41-25-21-39(22-26-41)45(38-19-14-13-15-20-38,40-23-27-42(28-24-40)49-32-17-12-10-8-2)51-35-44-43(29-34-50-44)53-54(52-33-18-30-46)47(36(3)4)37(5)6/h7-15,19-28,36-37,43-44H,1-2,16-18,29,31-35H2,3-6H3/t43-,44-,45?,54?/m1/s1/i34T/t34-,43+,44+,45?,54?/m0. The molecule has 4 rings (SSSR count). The van der Waals surface area contributed by atoms with E-state index in [0.717, 1.165) is 41.0 Å². The van der Waals surface area contributed by atoms with Crippen molar-refractivity contribution in [2.75, 3.05) is 33.0 Å². The molecule has 1 fully saturated rings. The molecule has 0 spiro atoms. The minimum Gasteiger partial charge on any atom is -0.493 e. The van der Waals surface area contributed by atoms with Crippen LogP contribution in [0, 0.1) is 11.3 Å². The first-order chi connectivity index (χ1) is 26.7. The lowest BCUT2D eigenvalue weighted by Gasteiger charge is -2.39. The summed E-state index contributed by atoms with van der Waals surface area (Å²) in [6.07, 6.45) is 12.5. The smallest absolute Gasteiger partial charge is 0.259 e. The molecule has 4 atom stereocenters. The van der Waals surface area contributed by atoms with Crippen molar-refractivity contribution in [3.63, 3.8) is 0 Å². The molecule has 0 aliphatic carbocycles. The van der Waals surface area contributed by atoms with E-state index in [1.54, 1.807) is 12.2 Å². The first-order valence-electron chi connectivity index (χ1n) is 19.3. The van der Waals surface area contributed by atoms with Gasteiger partial charge in [0.25, 0.3) is 8.53 Å². The number of nitrogens with zero attached hydrogens (tertiary/aromatic N) is 2. The van der Waals surface area contributed by atoms with Crippen LogP contribution in [0.25, 0.3) is 0 Å². The van der Waals surface area contributed by atoms with Crippen LogP contribution in [0.4, 0.5) is 0 Å². The molecule has 9 heteroatoms. The highest BCUT2D eigenvalue weighted by atomic mass is 31.2. The number of nitriles is 1. The van der Waals surface area contributed by atoms with Gasteiger partial charge in [0.05, 0.1) is 46.4 Å². The average molecular weight is 755 g/mol. The summed E-state index contributed by atoms with van der Waals surface area (Å²) in [6.45, 7) is 16.5. The van der Waals surface area contributed by atoms with Gasteiger partial charge in [0.1, 0.15) is 23.2 Å². The SMILES string of the molecule is [3H][C@H]1C[C@@H](OP(OCCC#N)N(C(C)C)C(C)C)[C@@H](COC(c2ccccc2)(c2ccc(OCCC=CC=C)cc2)c2ccc(OCCC=CC=C)cc2)O1. The number of allylic oxidation sites excluding steroid dienone is 4. The predicted molar refractivity (Wildman–Crippen MR) is 219 cm³/mol. The third-order valence-electron chi connectivity index (χ3n) is 8.72. The van der Waals surface area contributed by atoms with Gasteiger partial charge in [-0.25, -0.2) is 4.67 Å². The second-order valence-corrected chi connectivity index (χ2v) is 14.7. The summed E-state index contributed by atoms with van der Waals surface area (Å²) in [7, 11) is -1.55. The second-order valence-electron chi connectivity index (χ2n) is 13.3. The maximum absolute atomic E-state index is 9.23. The summed E-state index contributed by atoms with van der Waals surface area (Å²) in [6, 6.07) is 28.6. The molecule has 3 aromatic rings. The zero-order chi connectivity index (χ0) is 39.5. The molecule has 0 radical (unpaired) electrons. The summed E-state index contributed by atoms with van der Waals surface area (Å²) in [5, 5.41) is 9.23. The van der Waals surface area contributed by atoms with E-state index < -0.39 is 32.9 Å². The van der Waals surface area contributed by atoms with Gasteiger partial charge < -0.3 is 28.0 Å². The number of benzene rings is 3. The van der Waals surface area contributed by atoms with Gasteiger partial charge in [0.15, 0.2) is 0 Å². The fourth-order valence-electron chi connectivity index (χ4n) is 6.26. The van der Waals surface area contributed by atoms with Crippen LogP contribution < -0.4 is 9.47 Å². The molecule has 0 aromatic heterocycles. The molecule has 8 nitrogen and oxygen atoms in total. The predicted octanol–water partition coefficient (Wildman–Crippen LogP) is 10.5. The van der Waals surface area contributed by atoms with E-state index in [-0.39, 0.29) is 31.7 Å². The van der Waals surface area contributed by atoms with Crippen molar-refractivity contribution in [3.05, 3.63) is 145 Å². The highest BCUT2D eigenvalue weighted by molar-refractivity contribution is 7.44. The first-order valence-corrected chi connectivity index (χ1v) is 19.9. The zero-order valence-corrected chi connectivity index (χ0v) is 33.1. The lowest BCUT2D eigenvalue weighted by atomic mass is 9.80. The van der Waals surface area contributed by atoms with Crippen LogP contribution in [0.2, 0.25) is 0 Å². The summed E-state index contributed by atoms with van der Waals surface area (Å²) < 4.78 is 49.4. The van der Waals surface area contributed by atoms with Gasteiger partial charge >= 0.3 is 0 Å². The molecule has 3 aromatic carbocycles. The Morgan fingerprint density at radius 1 is 0.852 bits per heavy atom. The molecule has 1 saturated heterocycles. The van der Waals surface area contributed by atoms with Crippen molar-refractivity contribution in [2.24, 2.45) is 0 Å². The van der Waals surface area contributed by atoms with E-state index in [1.165, 1.54) is 0 Å². The fraction of sp³-hybridized carbons (Fsp3) is 0.400. The Morgan fingerprint density at radius 3 is 1.89 bits per heavy atom. The summed E-state index contributed by atoms with van der Waals surface area (Å²) >= 11 is 0. The Morgan fingerprint density at radius 2 is 1.39 bits per heavy atom. The molecule has 288 valence electrons. The first kappa shape index (κ1) is 41.1. The highest BCUT2D eigenvalue weighted by Crippen LogP contribution is 2.49. The Balaban J connectivity index is 1.71. The second kappa shape index (κ2) is 23.0. The zero-order valence-electron chi connectivity index (χ0n) is 33.2. The van der Waals surface area contributed by atoms with Gasteiger partial charge in [-0.05, 0) is 81.5 Å². The van der Waals surface area contributed by atoms with Crippen molar-refractivity contribution in [3.8, 4) is 17.6 Å². The number of ether oxygens (including phenoxy) is 4. The molecule has 1 aliphatic rings. The third-order valence-corrected chi connectivity index (χ3v) is 10.9. The highest BCUT2D eigenvalue weighted by Gasteiger charge is 2.42. The van der Waals surface area contributed by atoms with Gasteiger partial charge in [-0.15, -0.1) is 0 Å². The topological polar surface area (TPSA) is 82.4 Å². The molecule has 0 saturated carbocycles. The number of hydrogen-bond donors (Lipinski definition) is 0. The van der Waals surface area contributed by atoms with Crippen molar-refractivity contribution in [2.45, 2.75) is 83.3 Å². The van der Waals surface area contributed by atoms with Crippen LogP contribution in [-0.4, -0.2) is 62.0 Å². The van der Waals surface area contributed by atoms with E-state index in [2.05, 4.69) is 63.7 Å². The number of rotatable bonds is 24. The quantitative estimate of drug-likeness (QED) is 0.0387. The van der Waals surface area contributed by atoms with Gasteiger partial charge in [0.2, 0.25) is 0 Å². The van der Waals surface area contributed by atoms with Gasteiger partial charge in [-0.3, -0.25) is 0 Å². The van der Waals surface area contributed by atoms with Crippen molar-refractivity contribution >= 4 is 8.53 Å². The Kier molecular flexibility index (Phi) is 17.5. The van der Waals surface area contributed by atoms with E-state index in [0.29, 0.717) is 19.6 Å². The Labute approximate surface area is 326 Å². The van der Waals surface area contributed by atoms with Crippen molar-refractivity contribution < 1.29 is 29.4 Å². The largest absolute Gasteiger partial charge is 0.493 e. The molecule has 0 N–H and O–H groups in total. The monoisotopic (exact) mass is 754 g/mol. The number of hydrogen-bond acceptors (Lipinski definition) is 8. The molecule has 1 heterocycles. The molecule has 54 heavy (non-hydrogen) atoms. The lowest BCUT2D eigenvalue weighted by molar-refractivity contribution is -0.0673. The normalized spacial score (nSPS) is 19.2. The molecule has 1 aliphatic heterocycles. The Bertz CT molecular complexity index is 1600. The van der Waals surface area contributed by atoms with Gasteiger partial charge in [-0.1, -0.05) is 104 Å². The molecular formula is C45H57N2O6P. The molecular weight excluding hydrogens is 695 g/mol. The van der Waals surface area contributed by atoms with Crippen LogP contribution in [-0.2, 0) is 24.1 Å². The lowest BCUT2D eigenvalue weighted by Crippen LogP contribution is -2.39. The molecule has 0 bridgehead atoms. The maximum atomic E-state index is 9.23. The summed E-state index contributed by atoms with van der Waals surface area (Å²) in [5.41, 5.74) is 1.63. The fourth-order valence-corrected chi connectivity index (χ4v) is 8.02. The van der Waals surface area contributed by atoms with Crippen LogP contribution >= 0.6 is 8.53 Å². The maximum Gasteiger partial charge on any atom is 0.259 e. The third kappa shape index (κ3) is 12.2. The molecule has 0 amide bonds. The van der Waals surface area contributed by atoms with Crippen molar-refractivity contribution in [1.82, 2.24) is 4.67 Å². The summed E-state index contributed by atoms with van der Waals surface area (Å²) in [5.74, 6) is 1.50. The minimum absolute atomic E-state index is 0.126. The van der Waals surface area contributed by atoms with E-state index >= 15 is 0 Å². The Hall–Kier alpha value is -4.06. The van der Waals surface area contributed by atoms with E-state index in [9.17, 15) is 5.26 Å². The van der Waals surface area contributed by atoms with Gasteiger partial charge in [-0.2, -0.15) is 5.26 Å².